The van der Waals surface area contributed by atoms with E-state index in [4.69, 9.17) is 10.5 Å². The second-order valence-corrected chi connectivity index (χ2v) is 4.89. The van der Waals surface area contributed by atoms with E-state index in [9.17, 15) is 4.79 Å². The topological polar surface area (TPSA) is 55.6 Å². The van der Waals surface area contributed by atoms with Gasteiger partial charge < -0.3 is 15.4 Å². The predicted molar refractivity (Wildman–Crippen MR) is 78.8 cm³/mol. The van der Waals surface area contributed by atoms with Gasteiger partial charge in [-0.3, -0.25) is 4.79 Å². The molecule has 5 heteroatoms. The average Bonchev–Trinajstić information content (AvgIpc) is 2.35. The van der Waals surface area contributed by atoms with Crippen LogP contribution < -0.4 is 5.73 Å². The molecule has 2 N–H and O–H groups in total. The lowest BCUT2D eigenvalue weighted by Crippen LogP contribution is -2.51. The predicted octanol–water partition coefficient (Wildman–Crippen LogP) is 2.25. The van der Waals surface area contributed by atoms with Gasteiger partial charge in [0, 0.05) is 17.8 Å². The number of rotatable bonds is 1. The smallest absolute Gasteiger partial charge is 0.254 e. The number of nitrogen functional groups attached to an aromatic ring is 1. The third-order valence-electron chi connectivity index (χ3n) is 3.64. The van der Waals surface area contributed by atoms with Gasteiger partial charge in [-0.25, -0.2) is 0 Å². The fraction of sp³-hybridized carbons (Fsp3) is 0.500. The molecule has 0 aliphatic carbocycles. The summed E-state index contributed by atoms with van der Waals surface area (Å²) in [6.07, 6.45) is 0.0732. The lowest BCUT2D eigenvalue weighted by molar-refractivity contribution is -0.0440. The second-order valence-electron chi connectivity index (χ2n) is 4.89. The first-order chi connectivity index (χ1) is 8.50. The van der Waals surface area contributed by atoms with Gasteiger partial charge in [0.1, 0.15) is 0 Å². The molecule has 4 nitrogen and oxygen atoms in total. The van der Waals surface area contributed by atoms with Crippen LogP contribution in [0.25, 0.3) is 0 Å². The van der Waals surface area contributed by atoms with Crippen molar-refractivity contribution in [3.05, 3.63) is 29.3 Å². The van der Waals surface area contributed by atoms with Crippen LogP contribution in [-0.2, 0) is 4.74 Å². The number of nitrogens with zero attached hydrogens (tertiary/aromatic N) is 1. The summed E-state index contributed by atoms with van der Waals surface area (Å²) in [6.45, 7) is 7.18. The molecule has 19 heavy (non-hydrogen) atoms. The van der Waals surface area contributed by atoms with Crippen LogP contribution in [0.1, 0.15) is 29.8 Å². The molecule has 0 aromatic heterocycles. The number of amides is 1. The summed E-state index contributed by atoms with van der Waals surface area (Å²) in [5.74, 6) is 0.0439. The number of anilines is 1. The summed E-state index contributed by atoms with van der Waals surface area (Å²) in [5, 5.41) is 0. The van der Waals surface area contributed by atoms with Gasteiger partial charge in [-0.1, -0.05) is 6.07 Å². The molecule has 0 bridgehead atoms. The van der Waals surface area contributed by atoms with Crippen molar-refractivity contribution in [3.8, 4) is 0 Å². The van der Waals surface area contributed by atoms with E-state index < -0.39 is 0 Å². The zero-order valence-corrected chi connectivity index (χ0v) is 12.4. The highest BCUT2D eigenvalue weighted by Gasteiger charge is 2.30. The summed E-state index contributed by atoms with van der Waals surface area (Å²) in [5.41, 5.74) is 8.03. The third kappa shape index (κ3) is 3.19. The van der Waals surface area contributed by atoms with Crippen molar-refractivity contribution >= 4 is 24.0 Å². The van der Waals surface area contributed by atoms with Crippen molar-refractivity contribution < 1.29 is 9.53 Å². The molecular weight excluding hydrogens is 264 g/mol. The van der Waals surface area contributed by atoms with E-state index in [-0.39, 0.29) is 30.5 Å². The van der Waals surface area contributed by atoms with Gasteiger partial charge in [0.05, 0.1) is 18.8 Å². The van der Waals surface area contributed by atoms with Crippen LogP contribution in [0.3, 0.4) is 0 Å². The monoisotopic (exact) mass is 284 g/mol. The van der Waals surface area contributed by atoms with E-state index in [1.807, 2.05) is 37.8 Å². The SMILES string of the molecule is Cc1ccc(N)cc1C(=O)N1CCOC(C)C1C.Cl. The summed E-state index contributed by atoms with van der Waals surface area (Å²) >= 11 is 0. The summed E-state index contributed by atoms with van der Waals surface area (Å²) in [7, 11) is 0. The average molecular weight is 285 g/mol. The number of hydrogen-bond donors (Lipinski definition) is 1. The van der Waals surface area contributed by atoms with Crippen molar-refractivity contribution in [2.75, 3.05) is 18.9 Å². The Bertz CT molecular complexity index is 465. The van der Waals surface area contributed by atoms with Gasteiger partial charge in [-0.15, -0.1) is 12.4 Å². The molecule has 1 aliphatic heterocycles. The number of carbonyl (C=O) groups excluding carboxylic acids is 1. The molecule has 0 radical (unpaired) electrons. The van der Waals surface area contributed by atoms with Gasteiger partial charge >= 0.3 is 0 Å². The lowest BCUT2D eigenvalue weighted by atomic mass is 10.0. The highest BCUT2D eigenvalue weighted by Crippen LogP contribution is 2.20. The number of halogens is 1. The Morgan fingerprint density at radius 2 is 2.11 bits per heavy atom. The molecule has 0 spiro atoms. The van der Waals surface area contributed by atoms with E-state index >= 15 is 0 Å². The van der Waals surface area contributed by atoms with Crippen LogP contribution in [0.2, 0.25) is 0 Å². The van der Waals surface area contributed by atoms with E-state index in [1.54, 1.807) is 6.07 Å². The summed E-state index contributed by atoms with van der Waals surface area (Å²) in [4.78, 5) is 14.4. The maximum absolute atomic E-state index is 12.5. The van der Waals surface area contributed by atoms with Crippen molar-refractivity contribution in [1.29, 1.82) is 0 Å². The molecule has 1 aromatic carbocycles. The number of hydrogen-bond acceptors (Lipinski definition) is 3. The van der Waals surface area contributed by atoms with E-state index in [2.05, 4.69) is 0 Å². The van der Waals surface area contributed by atoms with Crippen molar-refractivity contribution in [3.63, 3.8) is 0 Å². The van der Waals surface area contributed by atoms with Crippen molar-refractivity contribution in [1.82, 2.24) is 4.90 Å². The summed E-state index contributed by atoms with van der Waals surface area (Å²) in [6, 6.07) is 5.55. The Hall–Kier alpha value is -1.26. The highest BCUT2D eigenvalue weighted by atomic mass is 35.5. The quantitative estimate of drug-likeness (QED) is 0.805. The van der Waals surface area contributed by atoms with E-state index in [1.165, 1.54) is 0 Å². The molecule has 2 unspecified atom stereocenters. The molecule has 106 valence electrons. The minimum absolute atomic E-state index is 0. The molecule has 0 saturated carbocycles. The second kappa shape index (κ2) is 6.26. The largest absolute Gasteiger partial charge is 0.399 e. The number of aryl methyl sites for hydroxylation is 1. The van der Waals surface area contributed by atoms with E-state index in [0.717, 1.165) is 5.56 Å². The van der Waals surface area contributed by atoms with Crippen LogP contribution in [0.15, 0.2) is 18.2 Å². The maximum Gasteiger partial charge on any atom is 0.254 e. The van der Waals surface area contributed by atoms with Crippen molar-refractivity contribution in [2.24, 2.45) is 0 Å². The van der Waals surface area contributed by atoms with Gasteiger partial charge in [0.2, 0.25) is 0 Å². The zero-order valence-electron chi connectivity index (χ0n) is 11.6. The Kier molecular flexibility index (Phi) is 5.20. The molecular formula is C14H21ClN2O2. The first kappa shape index (κ1) is 15.8. The molecule has 1 aromatic rings. The van der Waals surface area contributed by atoms with Crippen LogP contribution in [0, 0.1) is 6.92 Å². The molecule has 1 heterocycles. The third-order valence-corrected chi connectivity index (χ3v) is 3.64. The Labute approximate surface area is 120 Å². The van der Waals surface area contributed by atoms with E-state index in [0.29, 0.717) is 24.4 Å². The fourth-order valence-corrected chi connectivity index (χ4v) is 2.24. The van der Waals surface area contributed by atoms with Crippen LogP contribution >= 0.6 is 12.4 Å². The molecule has 1 fully saturated rings. The minimum Gasteiger partial charge on any atom is -0.399 e. The zero-order chi connectivity index (χ0) is 13.3. The molecule has 1 aliphatic rings. The summed E-state index contributed by atoms with van der Waals surface area (Å²) < 4.78 is 5.54. The van der Waals surface area contributed by atoms with Gasteiger partial charge in [-0.2, -0.15) is 0 Å². The molecule has 1 amide bonds. The maximum atomic E-state index is 12.5. The first-order valence-electron chi connectivity index (χ1n) is 6.29. The Balaban J connectivity index is 0.00000180. The standard InChI is InChI=1S/C14H20N2O2.ClH/c1-9-4-5-12(15)8-13(9)14(17)16-6-7-18-11(3)10(16)2;/h4-5,8,10-11H,6-7,15H2,1-3H3;1H. The van der Waals surface area contributed by atoms with Crippen LogP contribution in [0.4, 0.5) is 5.69 Å². The Morgan fingerprint density at radius 3 is 2.79 bits per heavy atom. The van der Waals surface area contributed by atoms with Crippen molar-refractivity contribution in [2.45, 2.75) is 32.9 Å². The van der Waals surface area contributed by atoms with Crippen LogP contribution in [-0.4, -0.2) is 36.1 Å². The molecule has 1 saturated heterocycles. The van der Waals surface area contributed by atoms with Gasteiger partial charge in [0.15, 0.2) is 0 Å². The Morgan fingerprint density at radius 1 is 1.42 bits per heavy atom. The van der Waals surface area contributed by atoms with Crippen LogP contribution in [0.5, 0.6) is 0 Å². The number of carbonyl (C=O) groups is 1. The fourth-order valence-electron chi connectivity index (χ4n) is 2.24. The molecule has 2 atom stereocenters. The van der Waals surface area contributed by atoms with Gasteiger partial charge in [-0.05, 0) is 38.5 Å². The highest BCUT2D eigenvalue weighted by molar-refractivity contribution is 5.96. The minimum atomic E-state index is 0. The number of ether oxygens (including phenoxy) is 1. The first-order valence-corrected chi connectivity index (χ1v) is 6.29. The normalized spacial score (nSPS) is 22.8. The lowest BCUT2D eigenvalue weighted by Gasteiger charge is -2.38. The number of benzene rings is 1. The number of morpholine rings is 1. The number of nitrogens with two attached hydrogens (primary N) is 1. The molecule has 2 rings (SSSR count). The van der Waals surface area contributed by atoms with Gasteiger partial charge in [0.25, 0.3) is 5.91 Å².